The number of alkyl halides is 3. The fourth-order valence-electron chi connectivity index (χ4n) is 1.17. The maximum Gasteiger partial charge on any atom is 0.266 e. The summed E-state index contributed by atoms with van der Waals surface area (Å²) in [6.07, 6.45) is -1.23. The van der Waals surface area contributed by atoms with E-state index < -0.39 is 6.43 Å². The molecule has 1 heterocycles. The summed E-state index contributed by atoms with van der Waals surface area (Å²) in [5.74, 6) is 0. The average Bonchev–Trinajstić information content (AvgIpc) is 2.17. The van der Waals surface area contributed by atoms with Crippen LogP contribution in [0.25, 0.3) is 0 Å². The Kier molecular flexibility index (Phi) is 3.53. The molecule has 0 aliphatic rings. The third-order valence-corrected chi connectivity index (χ3v) is 2.46. The maximum absolute atomic E-state index is 12.6. The van der Waals surface area contributed by atoms with Gasteiger partial charge in [0.1, 0.15) is 11.8 Å². The van der Waals surface area contributed by atoms with Crippen molar-refractivity contribution in [1.29, 1.82) is 5.26 Å². The van der Waals surface area contributed by atoms with Gasteiger partial charge in [0.2, 0.25) is 0 Å². The van der Waals surface area contributed by atoms with Gasteiger partial charge in [-0.1, -0.05) is 15.9 Å². The summed E-state index contributed by atoms with van der Waals surface area (Å²) < 4.78 is 25.3. The Balaban J connectivity index is 3.46. The van der Waals surface area contributed by atoms with Crippen molar-refractivity contribution in [2.24, 2.45) is 0 Å². The number of aryl methyl sites for hydroxylation is 1. The molecule has 0 bridgehead atoms. The van der Waals surface area contributed by atoms with Crippen LogP contribution < -0.4 is 0 Å². The number of rotatable bonds is 2. The summed E-state index contributed by atoms with van der Waals surface area (Å²) in [5, 5.41) is 8.92. The van der Waals surface area contributed by atoms with E-state index in [4.69, 9.17) is 5.26 Å². The third kappa shape index (κ3) is 1.90. The van der Waals surface area contributed by atoms with Gasteiger partial charge in [-0.25, -0.2) is 13.8 Å². The zero-order valence-electron chi connectivity index (χ0n) is 7.39. The Hall–Kier alpha value is -1.02. The number of nitrogens with zero attached hydrogens (tertiary/aromatic N) is 2. The summed E-state index contributed by atoms with van der Waals surface area (Å²) in [5.41, 5.74) is 0.659. The van der Waals surface area contributed by atoms with Crippen molar-refractivity contribution in [2.75, 3.05) is 0 Å². The highest BCUT2D eigenvalue weighted by Crippen LogP contribution is 2.28. The molecule has 5 heteroatoms. The van der Waals surface area contributed by atoms with E-state index in [1.165, 1.54) is 6.20 Å². The first-order chi connectivity index (χ1) is 6.61. The molecule has 0 atom stereocenters. The average molecular weight is 261 g/mol. The molecule has 0 N–H and O–H groups in total. The monoisotopic (exact) mass is 260 g/mol. The van der Waals surface area contributed by atoms with Crippen LogP contribution in [-0.4, -0.2) is 4.98 Å². The number of hydrogen-bond acceptors (Lipinski definition) is 2. The highest BCUT2D eigenvalue weighted by molar-refractivity contribution is 9.08. The smallest absolute Gasteiger partial charge is 0.245 e. The van der Waals surface area contributed by atoms with Crippen molar-refractivity contribution >= 4 is 15.9 Å². The number of pyridine rings is 1. The number of aromatic nitrogens is 1. The van der Waals surface area contributed by atoms with Gasteiger partial charge in [-0.05, 0) is 18.1 Å². The Morgan fingerprint density at radius 2 is 2.29 bits per heavy atom. The van der Waals surface area contributed by atoms with Crippen LogP contribution >= 0.6 is 15.9 Å². The van der Waals surface area contributed by atoms with Gasteiger partial charge in [-0.2, -0.15) is 5.26 Å². The van der Waals surface area contributed by atoms with Crippen LogP contribution in [-0.2, 0) is 5.33 Å². The van der Waals surface area contributed by atoms with Gasteiger partial charge in [0.25, 0.3) is 6.43 Å². The van der Waals surface area contributed by atoms with Gasteiger partial charge in [0.15, 0.2) is 0 Å². The van der Waals surface area contributed by atoms with Crippen molar-refractivity contribution < 1.29 is 8.78 Å². The third-order valence-electron chi connectivity index (χ3n) is 1.90. The highest BCUT2D eigenvalue weighted by atomic mass is 79.9. The summed E-state index contributed by atoms with van der Waals surface area (Å²) in [6.45, 7) is 1.69. The molecule has 0 spiro atoms. The van der Waals surface area contributed by atoms with E-state index >= 15 is 0 Å². The standard InChI is InChI=1S/C9H7BrF2N2/c1-5-4-14-7(3-13)8(9(11)12)6(5)2-10/h4,9H,2H2,1H3. The normalized spacial score (nSPS) is 10.3. The highest BCUT2D eigenvalue weighted by Gasteiger charge is 2.19. The molecule has 0 radical (unpaired) electrons. The van der Waals surface area contributed by atoms with E-state index in [1.54, 1.807) is 13.0 Å². The van der Waals surface area contributed by atoms with Crippen LogP contribution in [0.2, 0.25) is 0 Å². The van der Waals surface area contributed by atoms with Gasteiger partial charge in [-0.3, -0.25) is 0 Å². The lowest BCUT2D eigenvalue weighted by molar-refractivity contribution is 0.149. The van der Waals surface area contributed by atoms with Gasteiger partial charge >= 0.3 is 0 Å². The molecule has 0 aromatic carbocycles. The molecule has 2 nitrogen and oxygen atoms in total. The Morgan fingerprint density at radius 3 is 2.71 bits per heavy atom. The lowest BCUT2D eigenvalue weighted by Gasteiger charge is -2.10. The second kappa shape index (κ2) is 4.47. The molecule has 0 unspecified atom stereocenters. The van der Waals surface area contributed by atoms with Gasteiger partial charge in [-0.15, -0.1) is 0 Å². The van der Waals surface area contributed by atoms with Crippen LogP contribution in [0.1, 0.15) is 28.8 Å². The first-order valence-corrected chi connectivity index (χ1v) is 4.96. The molecule has 14 heavy (non-hydrogen) atoms. The summed E-state index contributed by atoms with van der Waals surface area (Å²) in [4.78, 5) is 3.66. The minimum Gasteiger partial charge on any atom is -0.245 e. The quantitative estimate of drug-likeness (QED) is 0.767. The van der Waals surface area contributed by atoms with Crippen molar-refractivity contribution in [3.05, 3.63) is 28.6 Å². The first kappa shape index (κ1) is 11.1. The fraction of sp³-hybridized carbons (Fsp3) is 0.333. The molecule has 0 amide bonds. The van der Waals surface area contributed by atoms with E-state index in [0.717, 1.165) is 0 Å². The minimum absolute atomic E-state index is 0.194. The molecule has 0 saturated carbocycles. The SMILES string of the molecule is Cc1cnc(C#N)c(C(F)F)c1CBr. The van der Waals surface area contributed by atoms with Crippen LogP contribution in [0.15, 0.2) is 6.20 Å². The predicted octanol–water partition coefficient (Wildman–Crippen LogP) is 3.09. The zero-order chi connectivity index (χ0) is 10.7. The predicted molar refractivity (Wildman–Crippen MR) is 51.3 cm³/mol. The van der Waals surface area contributed by atoms with Crippen LogP contribution in [0, 0.1) is 18.3 Å². The first-order valence-electron chi connectivity index (χ1n) is 3.84. The number of hydrogen-bond donors (Lipinski definition) is 0. The minimum atomic E-state index is -2.66. The van der Waals surface area contributed by atoms with Crippen LogP contribution in [0.4, 0.5) is 8.78 Å². The zero-order valence-corrected chi connectivity index (χ0v) is 8.98. The van der Waals surface area contributed by atoms with Crippen LogP contribution in [0.3, 0.4) is 0 Å². The number of halogens is 3. The maximum atomic E-state index is 12.6. The van der Waals surface area contributed by atoms with Crippen molar-refractivity contribution in [3.63, 3.8) is 0 Å². The molecular weight excluding hydrogens is 254 g/mol. The van der Waals surface area contributed by atoms with E-state index in [2.05, 4.69) is 20.9 Å². The molecular formula is C9H7BrF2N2. The second-order valence-corrected chi connectivity index (χ2v) is 3.29. The molecule has 0 aliphatic carbocycles. The Bertz CT molecular complexity index is 385. The molecule has 1 aromatic heterocycles. The van der Waals surface area contributed by atoms with Crippen molar-refractivity contribution in [2.45, 2.75) is 18.7 Å². The summed E-state index contributed by atoms with van der Waals surface area (Å²) >= 11 is 3.12. The molecule has 0 saturated heterocycles. The lowest BCUT2D eigenvalue weighted by atomic mass is 10.0. The Morgan fingerprint density at radius 1 is 1.64 bits per heavy atom. The molecule has 1 rings (SSSR count). The van der Waals surface area contributed by atoms with E-state index in [1.807, 2.05) is 0 Å². The lowest BCUT2D eigenvalue weighted by Crippen LogP contribution is -2.02. The van der Waals surface area contributed by atoms with Gasteiger partial charge < -0.3 is 0 Å². The van der Waals surface area contributed by atoms with Gasteiger partial charge in [0.05, 0.1) is 5.56 Å². The van der Waals surface area contributed by atoms with Gasteiger partial charge in [0, 0.05) is 11.5 Å². The summed E-state index contributed by atoms with van der Waals surface area (Å²) in [6, 6.07) is 1.67. The topological polar surface area (TPSA) is 36.7 Å². The van der Waals surface area contributed by atoms with E-state index in [9.17, 15) is 8.78 Å². The van der Waals surface area contributed by atoms with Crippen molar-refractivity contribution in [3.8, 4) is 6.07 Å². The van der Waals surface area contributed by atoms with Crippen molar-refractivity contribution in [1.82, 2.24) is 4.98 Å². The largest absolute Gasteiger partial charge is 0.266 e. The molecule has 74 valence electrons. The number of nitriles is 1. The van der Waals surface area contributed by atoms with E-state index in [-0.39, 0.29) is 11.3 Å². The Labute approximate surface area is 88.7 Å². The van der Waals surface area contributed by atoms with Crippen LogP contribution in [0.5, 0.6) is 0 Å². The second-order valence-electron chi connectivity index (χ2n) is 2.73. The molecule has 1 aromatic rings. The summed E-state index contributed by atoms with van der Waals surface area (Å²) in [7, 11) is 0. The molecule has 0 aliphatic heterocycles. The van der Waals surface area contributed by atoms with E-state index in [0.29, 0.717) is 16.5 Å². The fourth-order valence-corrected chi connectivity index (χ4v) is 1.91. The molecule has 0 fully saturated rings.